The molecule has 1 unspecified atom stereocenters. The van der Waals surface area contributed by atoms with Crippen LogP contribution in [0.15, 0.2) is 29.3 Å². The highest BCUT2D eigenvalue weighted by Crippen LogP contribution is 2.18. The molecule has 1 saturated heterocycles. The highest BCUT2D eigenvalue weighted by molar-refractivity contribution is 5.92. The van der Waals surface area contributed by atoms with E-state index in [4.69, 9.17) is 10.5 Å². The van der Waals surface area contributed by atoms with Crippen LogP contribution in [-0.4, -0.2) is 44.1 Å². The van der Waals surface area contributed by atoms with Crippen LogP contribution in [0.1, 0.15) is 20.3 Å². The number of nitrogens with two attached hydrogens (primary N) is 1. The molecule has 1 atom stereocenters. The number of hydrogen-bond acceptors (Lipinski definition) is 3. The number of likely N-dealkylation sites (tertiary alicyclic amines) is 1. The Balaban J connectivity index is 1.77. The number of benzene rings is 1. The van der Waals surface area contributed by atoms with Crippen LogP contribution in [0.5, 0.6) is 5.75 Å². The standard InChI is InChI=1S/C17H28N4O/c1-13(2)11-21-9-8-14(12-21)10-19-17(18)20-15-4-6-16(22-3)7-5-15/h4-7,13-14H,8-12H2,1-3H3,(H3,18,19,20). The minimum atomic E-state index is 0.479. The zero-order valence-electron chi connectivity index (χ0n) is 13.9. The van der Waals surface area contributed by atoms with Crippen LogP contribution in [0, 0.1) is 11.8 Å². The predicted molar refractivity (Wildman–Crippen MR) is 92.5 cm³/mol. The largest absolute Gasteiger partial charge is 0.497 e. The summed E-state index contributed by atoms with van der Waals surface area (Å²) in [5, 5.41) is 3.12. The maximum Gasteiger partial charge on any atom is 0.193 e. The molecule has 122 valence electrons. The molecule has 0 bridgehead atoms. The third kappa shape index (κ3) is 5.22. The van der Waals surface area contributed by atoms with Gasteiger partial charge in [-0.25, -0.2) is 0 Å². The Kier molecular flexibility index (Phi) is 6.07. The summed E-state index contributed by atoms with van der Waals surface area (Å²) in [6.07, 6.45) is 1.21. The van der Waals surface area contributed by atoms with Crippen molar-refractivity contribution in [3.05, 3.63) is 24.3 Å². The van der Waals surface area contributed by atoms with E-state index in [2.05, 4.69) is 29.1 Å². The molecule has 0 aromatic heterocycles. The van der Waals surface area contributed by atoms with Crippen molar-refractivity contribution >= 4 is 11.6 Å². The number of nitrogens with one attached hydrogen (secondary N) is 1. The van der Waals surface area contributed by atoms with E-state index in [-0.39, 0.29) is 0 Å². The fraction of sp³-hybridized carbons (Fsp3) is 0.588. The van der Waals surface area contributed by atoms with Crippen molar-refractivity contribution in [1.82, 2.24) is 4.90 Å². The topological polar surface area (TPSA) is 62.9 Å². The van der Waals surface area contributed by atoms with Crippen molar-refractivity contribution in [2.45, 2.75) is 20.3 Å². The van der Waals surface area contributed by atoms with Crippen molar-refractivity contribution < 1.29 is 4.74 Å². The summed E-state index contributed by atoms with van der Waals surface area (Å²) < 4.78 is 5.13. The van der Waals surface area contributed by atoms with E-state index < -0.39 is 0 Å². The molecule has 5 heteroatoms. The van der Waals surface area contributed by atoms with Crippen molar-refractivity contribution in [2.24, 2.45) is 22.6 Å². The minimum Gasteiger partial charge on any atom is -0.497 e. The number of anilines is 1. The molecule has 0 spiro atoms. The van der Waals surface area contributed by atoms with Gasteiger partial charge < -0.3 is 20.7 Å². The maximum atomic E-state index is 5.96. The average Bonchev–Trinajstić information content (AvgIpc) is 2.93. The molecule has 1 fully saturated rings. The van der Waals surface area contributed by atoms with Crippen molar-refractivity contribution in [3.8, 4) is 5.75 Å². The summed E-state index contributed by atoms with van der Waals surface area (Å²) in [4.78, 5) is 7.01. The van der Waals surface area contributed by atoms with E-state index in [9.17, 15) is 0 Å². The molecule has 0 aliphatic carbocycles. The van der Waals surface area contributed by atoms with Crippen LogP contribution in [0.25, 0.3) is 0 Å². The number of rotatable bonds is 6. The summed E-state index contributed by atoms with van der Waals surface area (Å²) in [7, 11) is 1.66. The van der Waals surface area contributed by atoms with Gasteiger partial charge in [-0.15, -0.1) is 0 Å². The van der Waals surface area contributed by atoms with Gasteiger partial charge in [0.15, 0.2) is 5.96 Å². The molecule has 5 nitrogen and oxygen atoms in total. The quantitative estimate of drug-likeness (QED) is 0.626. The maximum absolute atomic E-state index is 5.96. The molecule has 1 aromatic rings. The van der Waals surface area contributed by atoms with Gasteiger partial charge in [0, 0.05) is 25.3 Å². The summed E-state index contributed by atoms with van der Waals surface area (Å²) >= 11 is 0. The second-order valence-corrected chi connectivity index (χ2v) is 6.39. The van der Waals surface area contributed by atoms with Gasteiger partial charge in [-0.3, -0.25) is 4.99 Å². The fourth-order valence-corrected chi connectivity index (χ4v) is 2.83. The molecule has 2 rings (SSSR count). The number of nitrogens with zero attached hydrogens (tertiary/aromatic N) is 2. The molecule has 0 amide bonds. The Morgan fingerprint density at radius 3 is 2.77 bits per heavy atom. The molecule has 0 saturated carbocycles. The molecule has 1 heterocycles. The lowest BCUT2D eigenvalue weighted by Crippen LogP contribution is -2.26. The average molecular weight is 304 g/mol. The van der Waals surface area contributed by atoms with Gasteiger partial charge in [-0.2, -0.15) is 0 Å². The molecule has 0 radical (unpaired) electrons. The third-order valence-electron chi connectivity index (χ3n) is 3.88. The highest BCUT2D eigenvalue weighted by atomic mass is 16.5. The van der Waals surface area contributed by atoms with Gasteiger partial charge in [0.05, 0.1) is 7.11 Å². The van der Waals surface area contributed by atoms with E-state index >= 15 is 0 Å². The SMILES string of the molecule is COc1ccc(NC(N)=NCC2CCN(CC(C)C)C2)cc1. The Hall–Kier alpha value is -1.75. The van der Waals surface area contributed by atoms with Crippen LogP contribution >= 0.6 is 0 Å². The van der Waals surface area contributed by atoms with Crippen LogP contribution in [0.3, 0.4) is 0 Å². The van der Waals surface area contributed by atoms with Gasteiger partial charge in [-0.1, -0.05) is 13.8 Å². The first-order chi connectivity index (χ1) is 10.6. The number of guanidine groups is 1. The van der Waals surface area contributed by atoms with Crippen LogP contribution in [-0.2, 0) is 0 Å². The number of aliphatic imine (C=N–C) groups is 1. The van der Waals surface area contributed by atoms with E-state index in [1.165, 1.54) is 19.5 Å². The second-order valence-electron chi connectivity index (χ2n) is 6.39. The summed E-state index contributed by atoms with van der Waals surface area (Å²) in [5.41, 5.74) is 6.89. The lowest BCUT2D eigenvalue weighted by Gasteiger charge is -2.17. The summed E-state index contributed by atoms with van der Waals surface area (Å²) in [6.45, 7) is 8.83. The number of hydrogen-bond donors (Lipinski definition) is 2. The Labute approximate surface area is 133 Å². The van der Waals surface area contributed by atoms with E-state index in [1.807, 2.05) is 24.3 Å². The number of methoxy groups -OCH3 is 1. The highest BCUT2D eigenvalue weighted by Gasteiger charge is 2.22. The van der Waals surface area contributed by atoms with Gasteiger partial charge in [-0.05, 0) is 49.1 Å². The predicted octanol–water partition coefficient (Wildman–Crippen LogP) is 2.40. The molecule has 1 aliphatic heterocycles. The van der Waals surface area contributed by atoms with Crippen molar-refractivity contribution in [1.29, 1.82) is 0 Å². The number of ether oxygens (including phenoxy) is 1. The molecule has 1 aliphatic rings. The summed E-state index contributed by atoms with van der Waals surface area (Å²) in [5.74, 6) is 2.66. The summed E-state index contributed by atoms with van der Waals surface area (Å²) in [6, 6.07) is 7.66. The Bertz CT molecular complexity index is 484. The smallest absolute Gasteiger partial charge is 0.193 e. The third-order valence-corrected chi connectivity index (χ3v) is 3.88. The van der Waals surface area contributed by atoms with Crippen LogP contribution in [0.4, 0.5) is 5.69 Å². The first-order valence-electron chi connectivity index (χ1n) is 8.00. The molecular weight excluding hydrogens is 276 g/mol. The normalized spacial score (nSPS) is 19.6. The van der Waals surface area contributed by atoms with E-state index in [0.29, 0.717) is 11.9 Å². The zero-order chi connectivity index (χ0) is 15.9. The molecule has 22 heavy (non-hydrogen) atoms. The van der Waals surface area contributed by atoms with Crippen molar-refractivity contribution in [3.63, 3.8) is 0 Å². The van der Waals surface area contributed by atoms with Gasteiger partial charge in [0.1, 0.15) is 5.75 Å². The first-order valence-corrected chi connectivity index (χ1v) is 8.00. The Morgan fingerprint density at radius 2 is 2.14 bits per heavy atom. The lowest BCUT2D eigenvalue weighted by atomic mass is 10.1. The van der Waals surface area contributed by atoms with E-state index in [1.54, 1.807) is 7.11 Å². The second kappa shape index (κ2) is 8.03. The Morgan fingerprint density at radius 1 is 1.41 bits per heavy atom. The van der Waals surface area contributed by atoms with Gasteiger partial charge in [0.2, 0.25) is 0 Å². The minimum absolute atomic E-state index is 0.479. The monoisotopic (exact) mass is 304 g/mol. The lowest BCUT2D eigenvalue weighted by molar-refractivity contribution is 0.288. The van der Waals surface area contributed by atoms with Gasteiger partial charge in [0.25, 0.3) is 0 Å². The molecular formula is C17H28N4O. The van der Waals surface area contributed by atoms with E-state index in [0.717, 1.165) is 30.4 Å². The van der Waals surface area contributed by atoms with Crippen molar-refractivity contribution in [2.75, 3.05) is 38.6 Å². The van der Waals surface area contributed by atoms with Crippen LogP contribution < -0.4 is 15.8 Å². The fourth-order valence-electron chi connectivity index (χ4n) is 2.83. The van der Waals surface area contributed by atoms with Crippen LogP contribution in [0.2, 0.25) is 0 Å². The molecule has 1 aromatic carbocycles. The van der Waals surface area contributed by atoms with Gasteiger partial charge >= 0.3 is 0 Å². The first kappa shape index (κ1) is 16.6. The molecule has 3 N–H and O–H groups in total. The zero-order valence-corrected chi connectivity index (χ0v) is 13.9.